The second-order valence-electron chi connectivity index (χ2n) is 11.4. The first kappa shape index (κ1) is 26.6. The minimum atomic E-state index is -4.44. The van der Waals surface area contributed by atoms with Gasteiger partial charge in [0.25, 0.3) is 0 Å². The van der Waals surface area contributed by atoms with Crippen LogP contribution in [0.5, 0.6) is 5.75 Å². The van der Waals surface area contributed by atoms with Gasteiger partial charge >= 0.3 is 12.1 Å². The lowest BCUT2D eigenvalue weighted by Crippen LogP contribution is -2.48. The van der Waals surface area contributed by atoms with Gasteiger partial charge in [0.05, 0.1) is 19.8 Å². The lowest BCUT2D eigenvalue weighted by molar-refractivity contribution is -0.137. The van der Waals surface area contributed by atoms with Gasteiger partial charge in [-0.05, 0) is 116 Å². The number of esters is 1. The van der Waals surface area contributed by atoms with Crippen LogP contribution in [0.1, 0.15) is 67.2 Å². The topological polar surface area (TPSA) is 35.5 Å². The summed E-state index contributed by atoms with van der Waals surface area (Å²) in [6.07, 6.45) is 9.44. The van der Waals surface area contributed by atoms with Crippen LogP contribution in [0.2, 0.25) is 0 Å². The molecule has 2 aromatic carbocycles. The van der Waals surface area contributed by atoms with E-state index in [-0.39, 0.29) is 5.41 Å². The van der Waals surface area contributed by atoms with Crippen molar-refractivity contribution in [3.05, 3.63) is 82.9 Å². The van der Waals surface area contributed by atoms with Crippen molar-refractivity contribution in [1.82, 2.24) is 0 Å². The van der Waals surface area contributed by atoms with Crippen LogP contribution < -0.4 is 4.74 Å². The van der Waals surface area contributed by atoms with Crippen LogP contribution >= 0.6 is 0 Å². The van der Waals surface area contributed by atoms with Gasteiger partial charge < -0.3 is 9.47 Å². The van der Waals surface area contributed by atoms with Crippen LogP contribution in [0, 0.1) is 17.8 Å². The highest BCUT2D eigenvalue weighted by Crippen LogP contribution is 2.62. The first-order valence-corrected chi connectivity index (χ1v) is 13.5. The number of rotatable bonds is 8. The van der Waals surface area contributed by atoms with Gasteiger partial charge in [-0.1, -0.05) is 30.3 Å². The molecule has 0 radical (unpaired) electrons. The Balaban J connectivity index is 1.39. The van der Waals surface area contributed by atoms with Gasteiger partial charge in [0.2, 0.25) is 0 Å². The predicted octanol–water partition coefficient (Wildman–Crippen LogP) is 7.93. The molecule has 4 aliphatic rings. The summed E-state index contributed by atoms with van der Waals surface area (Å²) in [4.78, 5) is 11.7. The van der Waals surface area contributed by atoms with Crippen LogP contribution in [0.25, 0.3) is 5.57 Å². The van der Waals surface area contributed by atoms with E-state index in [0.29, 0.717) is 17.6 Å². The third kappa shape index (κ3) is 5.55. The normalized spacial score (nSPS) is 26.7. The molecule has 4 saturated carbocycles. The van der Waals surface area contributed by atoms with Crippen molar-refractivity contribution < 1.29 is 27.4 Å². The third-order valence-electron chi connectivity index (χ3n) is 8.79. The second-order valence-corrected chi connectivity index (χ2v) is 11.4. The Bertz CT molecular complexity index is 1210. The maximum Gasteiger partial charge on any atom is 0.416 e. The largest absolute Gasteiger partial charge is 0.496 e. The molecular weight excluding hydrogens is 489 g/mol. The monoisotopic (exact) mass is 524 g/mol. The Morgan fingerprint density at radius 1 is 0.974 bits per heavy atom. The molecule has 0 spiro atoms. The molecule has 0 saturated heterocycles. The summed E-state index contributed by atoms with van der Waals surface area (Å²) >= 11 is 0. The van der Waals surface area contributed by atoms with E-state index in [1.165, 1.54) is 75.0 Å². The zero-order chi connectivity index (χ0) is 26.9. The summed E-state index contributed by atoms with van der Waals surface area (Å²) in [5, 5.41) is 0. The van der Waals surface area contributed by atoms with Crippen molar-refractivity contribution in [3.8, 4) is 5.75 Å². The predicted molar refractivity (Wildman–Crippen MR) is 142 cm³/mol. The smallest absolute Gasteiger partial charge is 0.416 e. The number of allylic oxidation sites excluding steroid dienone is 3. The highest BCUT2D eigenvalue weighted by molar-refractivity contribution is 5.87. The van der Waals surface area contributed by atoms with Crippen LogP contribution in [0.15, 0.2) is 60.7 Å². The fraction of sp³-hybridized carbons (Fsp3) is 0.469. The molecule has 0 heterocycles. The molecular formula is C32H35F3O3. The SMILES string of the molecule is COC(=O)C=CC(=CCCc1ccc(OC)c(C23CC4CC(CC(C4)C2)C3)c1)c1cccc(C(F)(F)F)c1. The van der Waals surface area contributed by atoms with Gasteiger partial charge in [-0.3, -0.25) is 0 Å². The van der Waals surface area contributed by atoms with Gasteiger partial charge in [0, 0.05) is 11.6 Å². The van der Waals surface area contributed by atoms with E-state index < -0.39 is 17.7 Å². The van der Waals surface area contributed by atoms with E-state index >= 15 is 0 Å². The summed E-state index contributed by atoms with van der Waals surface area (Å²) < 4.78 is 50.5. The molecule has 4 fully saturated rings. The lowest BCUT2D eigenvalue weighted by Gasteiger charge is -2.57. The zero-order valence-electron chi connectivity index (χ0n) is 22.0. The van der Waals surface area contributed by atoms with Gasteiger partial charge in [-0.25, -0.2) is 4.79 Å². The maximum atomic E-state index is 13.3. The number of halogens is 3. The number of benzene rings is 2. The molecule has 0 aliphatic heterocycles. The molecule has 4 aliphatic carbocycles. The van der Waals surface area contributed by atoms with Gasteiger partial charge in [-0.2, -0.15) is 13.2 Å². The number of aryl methyl sites for hydroxylation is 1. The van der Waals surface area contributed by atoms with Crippen molar-refractivity contribution in [3.63, 3.8) is 0 Å². The highest BCUT2D eigenvalue weighted by atomic mass is 19.4. The Morgan fingerprint density at radius 3 is 2.26 bits per heavy atom. The minimum absolute atomic E-state index is 0.207. The van der Waals surface area contributed by atoms with Crippen molar-refractivity contribution in [1.29, 1.82) is 0 Å². The van der Waals surface area contributed by atoms with Crippen LogP contribution in [0.3, 0.4) is 0 Å². The molecule has 2 aromatic rings. The number of hydrogen-bond donors (Lipinski definition) is 0. The Kier molecular flexibility index (Phi) is 7.43. The van der Waals surface area contributed by atoms with Crippen molar-refractivity contribution in [2.75, 3.05) is 14.2 Å². The maximum absolute atomic E-state index is 13.3. The van der Waals surface area contributed by atoms with Crippen LogP contribution in [-0.4, -0.2) is 20.2 Å². The molecule has 202 valence electrons. The second kappa shape index (κ2) is 10.6. The van der Waals surface area contributed by atoms with Crippen molar-refractivity contribution in [2.24, 2.45) is 17.8 Å². The number of carbonyl (C=O) groups is 1. The van der Waals surface area contributed by atoms with E-state index in [4.69, 9.17) is 4.74 Å². The summed E-state index contributed by atoms with van der Waals surface area (Å²) in [6.45, 7) is 0. The summed E-state index contributed by atoms with van der Waals surface area (Å²) in [5.74, 6) is 2.90. The molecule has 6 rings (SSSR count). The number of ether oxygens (including phenoxy) is 2. The lowest BCUT2D eigenvalue weighted by atomic mass is 9.48. The van der Waals surface area contributed by atoms with Crippen LogP contribution in [0.4, 0.5) is 13.2 Å². The molecule has 0 atom stereocenters. The number of alkyl halides is 3. The third-order valence-corrected chi connectivity index (χ3v) is 8.79. The van der Waals surface area contributed by atoms with E-state index in [0.717, 1.165) is 42.1 Å². The quantitative estimate of drug-likeness (QED) is 0.200. The Hall–Kier alpha value is -3.02. The Labute approximate surface area is 222 Å². The summed E-state index contributed by atoms with van der Waals surface area (Å²) in [6, 6.07) is 11.7. The average molecular weight is 525 g/mol. The zero-order valence-corrected chi connectivity index (χ0v) is 22.0. The fourth-order valence-corrected chi connectivity index (χ4v) is 7.54. The van der Waals surface area contributed by atoms with Gasteiger partial charge in [0.15, 0.2) is 0 Å². The molecule has 3 nitrogen and oxygen atoms in total. The summed E-state index contributed by atoms with van der Waals surface area (Å²) in [7, 11) is 3.02. The molecule has 38 heavy (non-hydrogen) atoms. The standard InChI is InChI=1S/C32H35F3O3/c1-37-29-11-9-21(16-28(29)31-18-22-13-23(19-31)15-24(14-22)20-31)5-3-6-25(10-12-30(36)38-2)26-7-4-8-27(17-26)32(33,34)35/h4,6-12,16-17,22-24H,3,5,13-15,18-20H2,1-2H3. The van der Waals surface area contributed by atoms with E-state index in [9.17, 15) is 18.0 Å². The highest BCUT2D eigenvalue weighted by Gasteiger charge is 2.52. The van der Waals surface area contributed by atoms with Gasteiger partial charge in [0.1, 0.15) is 5.75 Å². The number of hydrogen-bond acceptors (Lipinski definition) is 3. The molecule has 0 N–H and O–H groups in total. The van der Waals surface area contributed by atoms with Crippen molar-refractivity contribution >= 4 is 11.5 Å². The van der Waals surface area contributed by atoms with Crippen molar-refractivity contribution in [2.45, 2.75) is 63.0 Å². The molecule has 0 aromatic heterocycles. The minimum Gasteiger partial charge on any atom is -0.496 e. The molecule has 6 heteroatoms. The number of carbonyl (C=O) groups excluding carboxylic acids is 1. The molecule has 0 unspecified atom stereocenters. The van der Waals surface area contributed by atoms with E-state index in [1.807, 2.05) is 6.08 Å². The Morgan fingerprint density at radius 2 is 1.66 bits per heavy atom. The molecule has 0 amide bonds. The van der Waals surface area contributed by atoms with Gasteiger partial charge in [-0.15, -0.1) is 0 Å². The molecule has 4 bridgehead atoms. The van der Waals surface area contributed by atoms with E-state index in [2.05, 4.69) is 22.9 Å². The fourth-order valence-electron chi connectivity index (χ4n) is 7.54. The first-order chi connectivity index (χ1) is 18.2. The summed E-state index contributed by atoms with van der Waals surface area (Å²) in [5.41, 5.74) is 2.97. The van der Waals surface area contributed by atoms with Crippen LogP contribution in [-0.2, 0) is 27.5 Å². The number of methoxy groups -OCH3 is 2. The van der Waals surface area contributed by atoms with E-state index in [1.54, 1.807) is 13.2 Å². The first-order valence-electron chi connectivity index (χ1n) is 13.5. The average Bonchev–Trinajstić information content (AvgIpc) is 2.89.